The van der Waals surface area contributed by atoms with E-state index >= 15 is 0 Å². The van der Waals surface area contributed by atoms with Gasteiger partial charge in [-0.15, -0.1) is 0 Å². The summed E-state index contributed by atoms with van der Waals surface area (Å²) < 4.78 is 36.0. The highest BCUT2D eigenvalue weighted by molar-refractivity contribution is 7.91. The van der Waals surface area contributed by atoms with Crippen molar-refractivity contribution < 1.29 is 17.6 Å². The van der Waals surface area contributed by atoms with Gasteiger partial charge in [-0.05, 0) is 30.2 Å². The van der Waals surface area contributed by atoms with Crippen LogP contribution in [0.5, 0.6) is 0 Å². The molecule has 0 spiro atoms. The lowest BCUT2D eigenvalue weighted by molar-refractivity contribution is -0.127. The number of hydrogen-bond donors (Lipinski definition) is 0. The van der Waals surface area contributed by atoms with Crippen molar-refractivity contribution >= 4 is 21.8 Å². The predicted octanol–water partition coefficient (Wildman–Crippen LogP) is 1.17. The van der Waals surface area contributed by atoms with Gasteiger partial charge in [0.25, 0.3) is 0 Å². The van der Waals surface area contributed by atoms with E-state index in [2.05, 4.69) is 4.90 Å². The van der Waals surface area contributed by atoms with Gasteiger partial charge in [-0.2, -0.15) is 0 Å². The minimum atomic E-state index is -2.88. The highest BCUT2D eigenvalue weighted by Crippen LogP contribution is 2.19. The molecule has 2 fully saturated rings. The molecule has 0 saturated carbocycles. The topological polar surface area (TPSA) is 57.7 Å². The number of sulfone groups is 1. The first-order valence-electron chi connectivity index (χ1n) is 8.10. The van der Waals surface area contributed by atoms with Crippen molar-refractivity contribution in [2.75, 3.05) is 37.7 Å². The number of nitrogens with zero attached hydrogens (tertiary/aromatic N) is 2. The smallest absolute Gasteiger partial charge is 0.246 e. The van der Waals surface area contributed by atoms with Crippen LogP contribution in [-0.4, -0.2) is 67.9 Å². The third-order valence-corrected chi connectivity index (χ3v) is 6.39. The van der Waals surface area contributed by atoms with E-state index in [0.29, 0.717) is 32.6 Å². The third kappa shape index (κ3) is 4.21. The normalized spacial score (nSPS) is 24.5. The highest BCUT2D eigenvalue weighted by atomic mass is 32.2. The van der Waals surface area contributed by atoms with E-state index in [1.165, 1.54) is 18.2 Å². The van der Waals surface area contributed by atoms with E-state index in [-0.39, 0.29) is 29.3 Å². The lowest BCUT2D eigenvalue weighted by Crippen LogP contribution is -2.52. The second-order valence-corrected chi connectivity index (χ2v) is 8.53. The van der Waals surface area contributed by atoms with Crippen LogP contribution in [-0.2, 0) is 14.6 Å². The summed E-state index contributed by atoms with van der Waals surface area (Å²) in [6.45, 7) is 2.61. The van der Waals surface area contributed by atoms with E-state index in [1.807, 2.05) is 0 Å². The first-order chi connectivity index (χ1) is 11.4. The first-order valence-corrected chi connectivity index (χ1v) is 9.92. The molecule has 5 nitrogen and oxygen atoms in total. The summed E-state index contributed by atoms with van der Waals surface area (Å²) in [5.41, 5.74) is 0.777. The Bertz CT molecular complexity index is 723. The second kappa shape index (κ2) is 7.03. The lowest BCUT2D eigenvalue weighted by atomic mass is 10.2. The molecule has 3 rings (SSSR count). The molecule has 130 valence electrons. The van der Waals surface area contributed by atoms with Gasteiger partial charge in [0, 0.05) is 38.3 Å². The van der Waals surface area contributed by atoms with Crippen molar-refractivity contribution in [3.8, 4) is 0 Å². The molecule has 1 amide bonds. The Labute approximate surface area is 141 Å². The van der Waals surface area contributed by atoms with Crippen molar-refractivity contribution in [3.05, 3.63) is 41.7 Å². The fourth-order valence-electron chi connectivity index (χ4n) is 3.22. The molecule has 2 aliphatic rings. The Hall–Kier alpha value is -1.73. The summed E-state index contributed by atoms with van der Waals surface area (Å²) in [6.07, 6.45) is 3.88. The van der Waals surface area contributed by atoms with Crippen LogP contribution in [0.2, 0.25) is 0 Å². The molecule has 1 aromatic rings. The Morgan fingerprint density at radius 1 is 1.12 bits per heavy atom. The SMILES string of the molecule is O=C(/C=C/c1ccc(F)cc1)N1CCN([C@@H]2CCS(=O)(=O)C2)CC1. The Morgan fingerprint density at radius 2 is 1.79 bits per heavy atom. The van der Waals surface area contributed by atoms with Crippen LogP contribution in [0.1, 0.15) is 12.0 Å². The number of carbonyl (C=O) groups is 1. The number of rotatable bonds is 3. The molecule has 0 unspecified atom stereocenters. The zero-order chi connectivity index (χ0) is 17.2. The van der Waals surface area contributed by atoms with Gasteiger partial charge in [-0.3, -0.25) is 9.69 Å². The maximum atomic E-state index is 12.8. The standard InChI is InChI=1S/C17H21FN2O3S/c18-15-4-1-14(2-5-15)3-6-17(21)20-10-8-19(9-11-20)16-7-12-24(22,23)13-16/h1-6,16H,7-13H2/b6-3+/t16-/m1/s1. The summed E-state index contributed by atoms with van der Waals surface area (Å²) in [6, 6.07) is 6.06. The molecular formula is C17H21FN2O3S. The van der Waals surface area contributed by atoms with Crippen molar-refractivity contribution in [1.29, 1.82) is 0 Å². The molecule has 0 bridgehead atoms. The molecule has 0 aliphatic carbocycles. The van der Waals surface area contributed by atoms with Crippen LogP contribution in [0.3, 0.4) is 0 Å². The van der Waals surface area contributed by atoms with Crippen molar-refractivity contribution in [2.24, 2.45) is 0 Å². The number of piperazine rings is 1. The summed E-state index contributed by atoms with van der Waals surface area (Å²) >= 11 is 0. The zero-order valence-corrected chi connectivity index (χ0v) is 14.2. The molecular weight excluding hydrogens is 331 g/mol. The van der Waals surface area contributed by atoms with Gasteiger partial charge in [0.2, 0.25) is 5.91 Å². The van der Waals surface area contributed by atoms with E-state index in [9.17, 15) is 17.6 Å². The fourth-order valence-corrected chi connectivity index (χ4v) is 4.98. The number of hydrogen-bond acceptors (Lipinski definition) is 4. The Morgan fingerprint density at radius 3 is 2.38 bits per heavy atom. The van der Waals surface area contributed by atoms with E-state index in [1.54, 1.807) is 23.1 Å². The predicted molar refractivity (Wildman–Crippen MR) is 90.6 cm³/mol. The molecule has 0 aromatic heterocycles. The van der Waals surface area contributed by atoms with Gasteiger partial charge in [-0.1, -0.05) is 12.1 Å². The quantitative estimate of drug-likeness (QED) is 0.767. The van der Waals surface area contributed by atoms with Crippen molar-refractivity contribution in [1.82, 2.24) is 9.80 Å². The largest absolute Gasteiger partial charge is 0.337 e. The molecule has 1 atom stereocenters. The summed E-state index contributed by atoms with van der Waals surface area (Å²) in [7, 11) is -2.88. The van der Waals surface area contributed by atoms with Crippen LogP contribution in [0.25, 0.3) is 6.08 Å². The minimum absolute atomic E-state index is 0.0713. The maximum absolute atomic E-state index is 12.8. The van der Waals surface area contributed by atoms with Gasteiger partial charge in [0.05, 0.1) is 11.5 Å². The average Bonchev–Trinajstić information content (AvgIpc) is 2.94. The third-order valence-electron chi connectivity index (χ3n) is 4.64. The molecule has 7 heteroatoms. The Kier molecular flexibility index (Phi) is 5.01. The first kappa shape index (κ1) is 17.1. The highest BCUT2D eigenvalue weighted by Gasteiger charge is 2.34. The van der Waals surface area contributed by atoms with Crippen LogP contribution in [0.4, 0.5) is 4.39 Å². The van der Waals surface area contributed by atoms with Gasteiger partial charge in [0.15, 0.2) is 9.84 Å². The summed E-state index contributed by atoms with van der Waals surface area (Å²) in [5.74, 6) is 0.143. The zero-order valence-electron chi connectivity index (χ0n) is 13.4. The van der Waals surface area contributed by atoms with Crippen molar-refractivity contribution in [3.63, 3.8) is 0 Å². The minimum Gasteiger partial charge on any atom is -0.337 e. The van der Waals surface area contributed by atoms with Crippen LogP contribution >= 0.6 is 0 Å². The second-order valence-electron chi connectivity index (χ2n) is 6.30. The Balaban J connectivity index is 1.51. The molecule has 0 N–H and O–H groups in total. The van der Waals surface area contributed by atoms with Crippen LogP contribution < -0.4 is 0 Å². The van der Waals surface area contributed by atoms with E-state index in [0.717, 1.165) is 5.56 Å². The van der Waals surface area contributed by atoms with Gasteiger partial charge in [-0.25, -0.2) is 12.8 Å². The molecule has 2 aliphatic heterocycles. The van der Waals surface area contributed by atoms with Gasteiger partial charge < -0.3 is 4.90 Å². The number of halogens is 1. The molecule has 24 heavy (non-hydrogen) atoms. The van der Waals surface area contributed by atoms with Crippen LogP contribution in [0, 0.1) is 5.82 Å². The average molecular weight is 352 g/mol. The lowest BCUT2D eigenvalue weighted by Gasteiger charge is -2.37. The molecule has 2 saturated heterocycles. The summed E-state index contributed by atoms with van der Waals surface area (Å²) in [4.78, 5) is 16.2. The fraction of sp³-hybridized carbons (Fsp3) is 0.471. The molecule has 0 radical (unpaired) electrons. The number of carbonyl (C=O) groups excluding carboxylic acids is 1. The van der Waals surface area contributed by atoms with Crippen LogP contribution in [0.15, 0.2) is 30.3 Å². The number of benzene rings is 1. The van der Waals surface area contributed by atoms with E-state index in [4.69, 9.17) is 0 Å². The molecule has 1 aromatic carbocycles. The molecule has 2 heterocycles. The number of amides is 1. The van der Waals surface area contributed by atoms with Gasteiger partial charge in [0.1, 0.15) is 5.82 Å². The monoisotopic (exact) mass is 352 g/mol. The van der Waals surface area contributed by atoms with E-state index < -0.39 is 9.84 Å². The maximum Gasteiger partial charge on any atom is 0.246 e. The summed E-state index contributed by atoms with van der Waals surface area (Å²) in [5, 5.41) is 0. The van der Waals surface area contributed by atoms with Gasteiger partial charge >= 0.3 is 0 Å². The van der Waals surface area contributed by atoms with Crippen molar-refractivity contribution in [2.45, 2.75) is 12.5 Å².